The Labute approximate surface area is 63.8 Å². The molecule has 0 rings (SSSR count). The van der Waals surface area contributed by atoms with Gasteiger partial charge in [-0.05, 0) is 19.8 Å². The van der Waals surface area contributed by atoms with Gasteiger partial charge in [-0.1, -0.05) is 31.9 Å². The molecule has 1 atom stereocenters. The Morgan fingerprint density at radius 2 is 2.20 bits per heavy atom. The number of unbranched alkanes of at least 4 members (excludes halogenated alkanes) is 1. The summed E-state index contributed by atoms with van der Waals surface area (Å²) < 4.78 is 0. The largest absolute Gasteiger partial charge is 0.393 e. The van der Waals surface area contributed by atoms with E-state index in [-0.39, 0.29) is 6.10 Å². The van der Waals surface area contributed by atoms with Crippen LogP contribution in [0.25, 0.3) is 0 Å². The van der Waals surface area contributed by atoms with Crippen molar-refractivity contribution < 1.29 is 5.11 Å². The lowest BCUT2D eigenvalue weighted by Crippen LogP contribution is -2.03. The molecule has 0 aromatic heterocycles. The molecule has 0 bridgehead atoms. The zero-order valence-electron chi connectivity index (χ0n) is 7.01. The summed E-state index contributed by atoms with van der Waals surface area (Å²) in [6.45, 7) is 4.12. The minimum absolute atomic E-state index is 0.115. The van der Waals surface area contributed by atoms with Crippen molar-refractivity contribution in [1.29, 1.82) is 0 Å². The van der Waals surface area contributed by atoms with E-state index in [4.69, 9.17) is 0 Å². The summed E-state index contributed by atoms with van der Waals surface area (Å²) in [5.74, 6) is 0. The van der Waals surface area contributed by atoms with Crippen LogP contribution in [-0.2, 0) is 0 Å². The zero-order valence-corrected chi connectivity index (χ0v) is 7.01. The molecule has 0 heterocycles. The van der Waals surface area contributed by atoms with Gasteiger partial charge in [0.1, 0.15) is 0 Å². The third-order valence-corrected chi connectivity index (χ3v) is 1.53. The van der Waals surface area contributed by atoms with Crippen LogP contribution in [0.4, 0.5) is 0 Å². The van der Waals surface area contributed by atoms with Gasteiger partial charge in [0.25, 0.3) is 0 Å². The topological polar surface area (TPSA) is 20.2 Å². The van der Waals surface area contributed by atoms with Crippen LogP contribution < -0.4 is 0 Å². The molecule has 0 radical (unpaired) electrons. The monoisotopic (exact) mass is 142 g/mol. The van der Waals surface area contributed by atoms with E-state index in [1.54, 1.807) is 0 Å². The second-order valence-corrected chi connectivity index (χ2v) is 2.60. The molecule has 0 fully saturated rings. The predicted octanol–water partition coefficient (Wildman–Crippen LogP) is 2.50. The lowest BCUT2D eigenvalue weighted by molar-refractivity contribution is 0.164. The minimum Gasteiger partial charge on any atom is -0.393 e. The van der Waals surface area contributed by atoms with Crippen LogP contribution in [0.15, 0.2) is 12.2 Å². The average Bonchev–Trinajstić information content (AvgIpc) is 1.97. The highest BCUT2D eigenvalue weighted by molar-refractivity contribution is 4.79. The van der Waals surface area contributed by atoms with Crippen molar-refractivity contribution in [2.75, 3.05) is 0 Å². The van der Waals surface area contributed by atoms with Crippen molar-refractivity contribution in [3.8, 4) is 0 Å². The number of aliphatic hydroxyl groups is 1. The van der Waals surface area contributed by atoms with E-state index in [1.807, 2.05) is 19.1 Å². The summed E-state index contributed by atoms with van der Waals surface area (Å²) in [5, 5.41) is 9.26. The summed E-state index contributed by atoms with van der Waals surface area (Å²) in [5.41, 5.74) is 0. The van der Waals surface area contributed by atoms with Crippen molar-refractivity contribution in [3.05, 3.63) is 12.2 Å². The Morgan fingerprint density at radius 1 is 1.50 bits per heavy atom. The van der Waals surface area contributed by atoms with Gasteiger partial charge in [-0.25, -0.2) is 0 Å². The number of hydrogen-bond donors (Lipinski definition) is 1. The summed E-state index contributed by atoms with van der Waals surface area (Å²) in [6, 6.07) is 0. The molecule has 1 unspecified atom stereocenters. The van der Waals surface area contributed by atoms with Crippen molar-refractivity contribution in [1.82, 2.24) is 0 Å². The Kier molecular flexibility index (Phi) is 6.61. The zero-order chi connectivity index (χ0) is 7.82. The Morgan fingerprint density at radius 3 is 2.70 bits per heavy atom. The molecule has 60 valence electrons. The fraction of sp³-hybridized carbons (Fsp3) is 0.778. The van der Waals surface area contributed by atoms with Gasteiger partial charge in [0.2, 0.25) is 0 Å². The smallest absolute Gasteiger partial charge is 0.0574 e. The van der Waals surface area contributed by atoms with Gasteiger partial charge >= 0.3 is 0 Å². The molecule has 0 aromatic carbocycles. The van der Waals surface area contributed by atoms with E-state index >= 15 is 0 Å². The van der Waals surface area contributed by atoms with Crippen LogP contribution in [-0.4, -0.2) is 11.2 Å². The maximum absolute atomic E-state index is 9.26. The van der Waals surface area contributed by atoms with E-state index in [2.05, 4.69) is 6.92 Å². The number of allylic oxidation sites excluding steroid dienone is 1. The number of rotatable bonds is 5. The van der Waals surface area contributed by atoms with Gasteiger partial charge in [-0.2, -0.15) is 0 Å². The predicted molar refractivity (Wildman–Crippen MR) is 45.0 cm³/mol. The number of hydrogen-bond acceptors (Lipinski definition) is 1. The lowest BCUT2D eigenvalue weighted by atomic mass is 10.1. The van der Waals surface area contributed by atoms with Crippen molar-refractivity contribution >= 4 is 0 Å². The summed E-state index contributed by atoms with van der Waals surface area (Å²) in [6.07, 6.45) is 7.95. The van der Waals surface area contributed by atoms with Gasteiger partial charge in [-0.3, -0.25) is 0 Å². The van der Waals surface area contributed by atoms with Crippen LogP contribution in [0.5, 0.6) is 0 Å². The Bertz CT molecular complexity index is 86.7. The fourth-order valence-corrected chi connectivity index (χ4v) is 0.851. The van der Waals surface area contributed by atoms with E-state index in [0.717, 1.165) is 19.3 Å². The first-order valence-electron chi connectivity index (χ1n) is 4.10. The lowest BCUT2D eigenvalue weighted by Gasteiger charge is -2.04. The highest BCUT2D eigenvalue weighted by atomic mass is 16.3. The van der Waals surface area contributed by atoms with Gasteiger partial charge in [0, 0.05) is 0 Å². The molecule has 0 saturated carbocycles. The molecule has 0 spiro atoms. The summed E-state index contributed by atoms with van der Waals surface area (Å²) in [7, 11) is 0. The van der Waals surface area contributed by atoms with Crippen LogP contribution in [0.3, 0.4) is 0 Å². The van der Waals surface area contributed by atoms with E-state index in [1.165, 1.54) is 6.42 Å². The van der Waals surface area contributed by atoms with Gasteiger partial charge in [-0.15, -0.1) is 0 Å². The SMILES string of the molecule is C/C=C/CC(O)CCCC. The molecule has 1 nitrogen and oxygen atoms in total. The maximum atomic E-state index is 9.26. The standard InChI is InChI=1S/C9H18O/c1-3-5-7-9(10)8-6-4-2/h3,5,9-10H,4,6-8H2,1-2H3/b5-3+. The van der Waals surface area contributed by atoms with Crippen LogP contribution >= 0.6 is 0 Å². The first-order chi connectivity index (χ1) is 4.81. The Hall–Kier alpha value is -0.300. The van der Waals surface area contributed by atoms with Crippen LogP contribution in [0, 0.1) is 0 Å². The van der Waals surface area contributed by atoms with Gasteiger partial charge in [0.05, 0.1) is 6.10 Å². The second kappa shape index (κ2) is 6.81. The van der Waals surface area contributed by atoms with Crippen LogP contribution in [0.1, 0.15) is 39.5 Å². The first-order valence-corrected chi connectivity index (χ1v) is 4.10. The van der Waals surface area contributed by atoms with E-state index in [0.29, 0.717) is 0 Å². The van der Waals surface area contributed by atoms with Crippen molar-refractivity contribution in [3.63, 3.8) is 0 Å². The molecule has 0 aromatic rings. The first kappa shape index (κ1) is 9.70. The van der Waals surface area contributed by atoms with Crippen molar-refractivity contribution in [2.45, 2.75) is 45.6 Å². The second-order valence-electron chi connectivity index (χ2n) is 2.60. The number of aliphatic hydroxyl groups excluding tert-OH is 1. The summed E-state index contributed by atoms with van der Waals surface area (Å²) >= 11 is 0. The highest BCUT2D eigenvalue weighted by Crippen LogP contribution is 2.04. The molecule has 0 aliphatic heterocycles. The Balaban J connectivity index is 3.16. The molecular formula is C9H18O. The molecule has 0 amide bonds. The van der Waals surface area contributed by atoms with E-state index in [9.17, 15) is 5.11 Å². The van der Waals surface area contributed by atoms with Crippen LogP contribution in [0.2, 0.25) is 0 Å². The molecular weight excluding hydrogens is 124 g/mol. The minimum atomic E-state index is -0.115. The normalized spacial score (nSPS) is 14.3. The van der Waals surface area contributed by atoms with Gasteiger partial charge in [0.15, 0.2) is 0 Å². The van der Waals surface area contributed by atoms with E-state index < -0.39 is 0 Å². The molecule has 10 heavy (non-hydrogen) atoms. The molecule has 0 aliphatic rings. The van der Waals surface area contributed by atoms with Gasteiger partial charge < -0.3 is 5.11 Å². The highest BCUT2D eigenvalue weighted by Gasteiger charge is 1.98. The molecule has 1 heteroatoms. The molecule has 0 aliphatic carbocycles. The quantitative estimate of drug-likeness (QED) is 0.585. The fourth-order valence-electron chi connectivity index (χ4n) is 0.851. The maximum Gasteiger partial charge on any atom is 0.0574 e. The average molecular weight is 142 g/mol. The molecule has 0 saturated heterocycles. The third kappa shape index (κ3) is 5.83. The molecule has 1 N–H and O–H groups in total. The van der Waals surface area contributed by atoms with Crippen molar-refractivity contribution in [2.24, 2.45) is 0 Å². The third-order valence-electron chi connectivity index (χ3n) is 1.53. The summed E-state index contributed by atoms with van der Waals surface area (Å²) in [4.78, 5) is 0.